The first kappa shape index (κ1) is 11.9. The Morgan fingerprint density at radius 2 is 1.94 bits per heavy atom. The fourth-order valence-electron chi connectivity index (χ4n) is 1.49. The Morgan fingerprint density at radius 3 is 2.50 bits per heavy atom. The second kappa shape index (κ2) is 5.15. The summed E-state index contributed by atoms with van der Waals surface area (Å²) >= 11 is 0. The van der Waals surface area contributed by atoms with E-state index in [1.54, 1.807) is 49.4 Å². The van der Waals surface area contributed by atoms with Crippen LogP contribution in [0.2, 0.25) is 0 Å². The molecule has 0 bridgehead atoms. The Balaban J connectivity index is 2.11. The molecule has 18 heavy (non-hydrogen) atoms. The maximum absolute atomic E-state index is 11.7. The smallest absolute Gasteiger partial charge is 0.221 e. The molecule has 0 aliphatic carbocycles. The molecular formula is C15H11NO2. The van der Waals surface area contributed by atoms with Gasteiger partial charge >= 0.3 is 0 Å². The summed E-state index contributed by atoms with van der Waals surface area (Å²) < 4.78 is 5.23. The number of hydrogen-bond donors (Lipinski definition) is 0. The highest BCUT2D eigenvalue weighted by molar-refractivity contribution is 6.04. The van der Waals surface area contributed by atoms with Crippen LogP contribution in [0.5, 0.6) is 0 Å². The van der Waals surface area contributed by atoms with Crippen LogP contribution in [-0.2, 0) is 0 Å². The zero-order valence-electron chi connectivity index (χ0n) is 9.88. The number of rotatable bonds is 3. The van der Waals surface area contributed by atoms with Crippen molar-refractivity contribution in [2.75, 3.05) is 0 Å². The molecule has 88 valence electrons. The third-order valence-electron chi connectivity index (χ3n) is 2.45. The standard InChI is InChI=1S/C15H11NO2/c1-11-2-9-15(18-11)14(17)8-7-12-3-5-13(10-16)6-4-12/h2-9H,1H3. The van der Waals surface area contributed by atoms with Crippen molar-refractivity contribution in [3.63, 3.8) is 0 Å². The van der Waals surface area contributed by atoms with Gasteiger partial charge in [-0.3, -0.25) is 4.79 Å². The van der Waals surface area contributed by atoms with Crippen LogP contribution in [0.1, 0.15) is 27.4 Å². The molecule has 0 spiro atoms. The molecule has 3 heteroatoms. The van der Waals surface area contributed by atoms with Crippen LogP contribution < -0.4 is 0 Å². The summed E-state index contributed by atoms with van der Waals surface area (Å²) in [6.45, 7) is 1.79. The number of furan rings is 1. The molecule has 0 amide bonds. The third kappa shape index (κ3) is 2.74. The van der Waals surface area contributed by atoms with E-state index in [4.69, 9.17) is 9.68 Å². The average Bonchev–Trinajstić information content (AvgIpc) is 2.83. The van der Waals surface area contributed by atoms with Gasteiger partial charge in [-0.1, -0.05) is 18.2 Å². The first-order valence-corrected chi connectivity index (χ1v) is 5.48. The maximum atomic E-state index is 11.7. The number of carbonyl (C=O) groups excluding carboxylic acids is 1. The van der Waals surface area contributed by atoms with Gasteiger partial charge < -0.3 is 4.42 Å². The molecule has 1 heterocycles. The van der Waals surface area contributed by atoms with Crippen molar-refractivity contribution in [3.05, 3.63) is 65.1 Å². The van der Waals surface area contributed by atoms with Gasteiger partial charge in [0.05, 0.1) is 11.6 Å². The van der Waals surface area contributed by atoms with Crippen LogP contribution >= 0.6 is 0 Å². The number of allylic oxidation sites excluding steroid dienone is 1. The summed E-state index contributed by atoms with van der Waals surface area (Å²) in [4.78, 5) is 11.7. The molecule has 3 nitrogen and oxygen atoms in total. The van der Waals surface area contributed by atoms with E-state index >= 15 is 0 Å². The van der Waals surface area contributed by atoms with E-state index in [9.17, 15) is 4.79 Å². The first-order chi connectivity index (χ1) is 8.69. The van der Waals surface area contributed by atoms with Crippen molar-refractivity contribution in [1.82, 2.24) is 0 Å². The molecule has 1 aromatic heterocycles. The van der Waals surface area contributed by atoms with Crippen LogP contribution in [0.15, 0.2) is 46.9 Å². The number of nitrogens with zero attached hydrogens (tertiary/aromatic N) is 1. The summed E-state index contributed by atoms with van der Waals surface area (Å²) in [5, 5.41) is 8.66. The molecule has 0 fully saturated rings. The first-order valence-electron chi connectivity index (χ1n) is 5.48. The van der Waals surface area contributed by atoms with Crippen molar-refractivity contribution in [1.29, 1.82) is 5.26 Å². The molecule has 2 rings (SSSR count). The lowest BCUT2D eigenvalue weighted by Gasteiger charge is -1.93. The fourth-order valence-corrected chi connectivity index (χ4v) is 1.49. The van der Waals surface area contributed by atoms with Crippen LogP contribution in [0.3, 0.4) is 0 Å². The summed E-state index contributed by atoms with van der Waals surface area (Å²) in [7, 11) is 0. The lowest BCUT2D eigenvalue weighted by atomic mass is 10.1. The molecule has 0 aliphatic rings. The number of carbonyl (C=O) groups is 1. The highest BCUT2D eigenvalue weighted by Crippen LogP contribution is 2.10. The molecule has 0 N–H and O–H groups in total. The van der Waals surface area contributed by atoms with Gasteiger partial charge in [0, 0.05) is 0 Å². The largest absolute Gasteiger partial charge is 0.458 e. The lowest BCUT2D eigenvalue weighted by molar-refractivity contribution is 0.102. The SMILES string of the molecule is Cc1ccc(C(=O)C=Cc2ccc(C#N)cc2)o1. The highest BCUT2D eigenvalue weighted by atomic mass is 16.3. The van der Waals surface area contributed by atoms with Crippen LogP contribution in [0, 0.1) is 18.3 Å². The van der Waals surface area contributed by atoms with Gasteiger partial charge in [-0.05, 0) is 42.8 Å². The van der Waals surface area contributed by atoms with Crippen molar-refractivity contribution in [2.24, 2.45) is 0 Å². The Hall–Kier alpha value is -2.60. The third-order valence-corrected chi connectivity index (χ3v) is 2.45. The minimum absolute atomic E-state index is 0.174. The van der Waals surface area contributed by atoms with Gasteiger partial charge in [-0.2, -0.15) is 5.26 Å². The number of nitriles is 1. The molecule has 0 saturated heterocycles. The van der Waals surface area contributed by atoms with E-state index in [2.05, 4.69) is 0 Å². The van der Waals surface area contributed by atoms with Crippen LogP contribution in [0.25, 0.3) is 6.08 Å². The molecule has 0 unspecified atom stereocenters. The van der Waals surface area contributed by atoms with Crippen molar-refractivity contribution >= 4 is 11.9 Å². The minimum Gasteiger partial charge on any atom is -0.458 e. The second-order valence-corrected chi connectivity index (χ2v) is 3.84. The summed E-state index contributed by atoms with van der Waals surface area (Å²) in [6.07, 6.45) is 3.15. The van der Waals surface area contributed by atoms with Gasteiger partial charge in [0.2, 0.25) is 5.78 Å². The van der Waals surface area contributed by atoms with Gasteiger partial charge in [-0.25, -0.2) is 0 Å². The van der Waals surface area contributed by atoms with E-state index < -0.39 is 0 Å². The van der Waals surface area contributed by atoms with Crippen molar-refractivity contribution in [3.8, 4) is 6.07 Å². The van der Waals surface area contributed by atoms with Crippen molar-refractivity contribution < 1.29 is 9.21 Å². The average molecular weight is 237 g/mol. The van der Waals surface area contributed by atoms with Crippen LogP contribution in [-0.4, -0.2) is 5.78 Å². The van der Waals surface area contributed by atoms with E-state index in [0.29, 0.717) is 17.1 Å². The van der Waals surface area contributed by atoms with Gasteiger partial charge in [0.1, 0.15) is 5.76 Å². The van der Waals surface area contributed by atoms with Crippen LogP contribution in [0.4, 0.5) is 0 Å². The Morgan fingerprint density at radius 1 is 1.22 bits per heavy atom. The van der Waals surface area contributed by atoms with Gasteiger partial charge in [0.15, 0.2) is 5.76 Å². The lowest BCUT2D eigenvalue weighted by Crippen LogP contribution is -1.90. The molecule has 0 radical (unpaired) electrons. The molecule has 0 saturated carbocycles. The van der Waals surface area contributed by atoms with Gasteiger partial charge in [0.25, 0.3) is 0 Å². The summed E-state index contributed by atoms with van der Waals surface area (Å²) in [5.74, 6) is 0.870. The van der Waals surface area contributed by atoms with Crippen molar-refractivity contribution in [2.45, 2.75) is 6.92 Å². The predicted molar refractivity (Wildman–Crippen MR) is 68.0 cm³/mol. The number of aryl methyl sites for hydroxylation is 1. The Labute approximate surface area is 105 Å². The monoisotopic (exact) mass is 237 g/mol. The van der Waals surface area contributed by atoms with E-state index in [1.165, 1.54) is 6.08 Å². The molecule has 2 aromatic rings. The zero-order chi connectivity index (χ0) is 13.0. The molecule has 1 aromatic carbocycles. The zero-order valence-corrected chi connectivity index (χ0v) is 9.88. The number of ketones is 1. The molecule has 0 aliphatic heterocycles. The van der Waals surface area contributed by atoms with E-state index in [-0.39, 0.29) is 5.78 Å². The van der Waals surface area contributed by atoms with Gasteiger partial charge in [-0.15, -0.1) is 0 Å². The molecule has 0 atom stereocenters. The van der Waals surface area contributed by atoms with E-state index in [0.717, 1.165) is 5.56 Å². The van der Waals surface area contributed by atoms with E-state index in [1.807, 2.05) is 6.07 Å². The minimum atomic E-state index is -0.174. The Bertz CT molecular complexity index is 627. The number of hydrogen-bond acceptors (Lipinski definition) is 3. The Kier molecular flexibility index (Phi) is 3.40. The fraction of sp³-hybridized carbons (Fsp3) is 0.0667. The summed E-state index contributed by atoms with van der Waals surface area (Å²) in [5.41, 5.74) is 1.46. The summed E-state index contributed by atoms with van der Waals surface area (Å²) in [6, 6.07) is 12.4. The topological polar surface area (TPSA) is 54.0 Å². The quantitative estimate of drug-likeness (QED) is 0.607. The highest BCUT2D eigenvalue weighted by Gasteiger charge is 2.05. The predicted octanol–water partition coefficient (Wildman–Crippen LogP) is 3.36. The normalized spacial score (nSPS) is 10.4. The second-order valence-electron chi connectivity index (χ2n) is 3.84. The molecular weight excluding hydrogens is 226 g/mol. The maximum Gasteiger partial charge on any atom is 0.221 e. The number of benzene rings is 1.